The van der Waals surface area contributed by atoms with Crippen LogP contribution in [0.2, 0.25) is 0 Å². The molecule has 0 saturated heterocycles. The van der Waals surface area contributed by atoms with Crippen LogP contribution in [0.25, 0.3) is 22.2 Å². The fourth-order valence-electron chi connectivity index (χ4n) is 4.25. The van der Waals surface area contributed by atoms with Crippen LogP contribution in [0.1, 0.15) is 21.6 Å². The molecule has 1 amide bonds. The standard InChI is InChI=1S/C24H21FN4O2/c1-28-23(16-5-7-19(25)22(13-16)31-2)18-9-11-29(14-21(18)27-28)24(30)17-6-8-20-15(12-17)4-3-10-26-20/h3-8,10,12-13H,9,11,14H2,1-2H3. The van der Waals surface area contributed by atoms with Gasteiger partial charge in [-0.1, -0.05) is 6.07 Å². The molecule has 156 valence electrons. The van der Waals surface area contributed by atoms with Crippen molar-refractivity contribution in [3.63, 3.8) is 0 Å². The molecule has 7 heteroatoms. The summed E-state index contributed by atoms with van der Waals surface area (Å²) >= 11 is 0. The van der Waals surface area contributed by atoms with Crippen molar-refractivity contribution in [2.75, 3.05) is 13.7 Å². The van der Waals surface area contributed by atoms with Crippen molar-refractivity contribution in [2.45, 2.75) is 13.0 Å². The molecule has 0 unspecified atom stereocenters. The summed E-state index contributed by atoms with van der Waals surface area (Å²) < 4.78 is 20.8. The van der Waals surface area contributed by atoms with Gasteiger partial charge < -0.3 is 9.64 Å². The van der Waals surface area contributed by atoms with Gasteiger partial charge in [-0.05, 0) is 48.9 Å². The molecule has 2 aromatic carbocycles. The van der Waals surface area contributed by atoms with Crippen molar-refractivity contribution >= 4 is 16.8 Å². The molecule has 0 saturated carbocycles. The van der Waals surface area contributed by atoms with Gasteiger partial charge in [0.15, 0.2) is 11.6 Å². The molecule has 1 aliphatic rings. The lowest BCUT2D eigenvalue weighted by atomic mass is 9.99. The first-order chi connectivity index (χ1) is 15.0. The number of halogens is 1. The fourth-order valence-corrected chi connectivity index (χ4v) is 4.25. The van der Waals surface area contributed by atoms with Gasteiger partial charge in [-0.25, -0.2) is 4.39 Å². The van der Waals surface area contributed by atoms with Crippen molar-refractivity contribution in [1.82, 2.24) is 19.7 Å². The van der Waals surface area contributed by atoms with E-state index >= 15 is 0 Å². The number of fused-ring (bicyclic) bond motifs is 2. The summed E-state index contributed by atoms with van der Waals surface area (Å²) in [5, 5.41) is 5.60. The lowest BCUT2D eigenvalue weighted by Gasteiger charge is -2.27. The second-order valence-electron chi connectivity index (χ2n) is 7.63. The third-order valence-corrected chi connectivity index (χ3v) is 5.76. The number of methoxy groups -OCH3 is 1. The Morgan fingerprint density at radius 1 is 1.16 bits per heavy atom. The van der Waals surface area contributed by atoms with Gasteiger partial charge in [0.05, 0.1) is 30.6 Å². The van der Waals surface area contributed by atoms with Crippen molar-refractivity contribution in [2.24, 2.45) is 7.05 Å². The third kappa shape index (κ3) is 3.32. The van der Waals surface area contributed by atoms with E-state index in [1.165, 1.54) is 13.2 Å². The highest BCUT2D eigenvalue weighted by atomic mass is 19.1. The Labute approximate surface area is 178 Å². The topological polar surface area (TPSA) is 60.2 Å². The molecule has 3 heterocycles. The van der Waals surface area contributed by atoms with E-state index in [0.717, 1.165) is 33.4 Å². The normalized spacial score (nSPS) is 13.3. The summed E-state index contributed by atoms with van der Waals surface area (Å²) in [6, 6.07) is 14.2. The van der Waals surface area contributed by atoms with E-state index in [9.17, 15) is 9.18 Å². The van der Waals surface area contributed by atoms with Crippen LogP contribution in [0.3, 0.4) is 0 Å². The maximum Gasteiger partial charge on any atom is 0.254 e. The minimum atomic E-state index is -0.398. The smallest absolute Gasteiger partial charge is 0.254 e. The molecule has 6 nitrogen and oxygen atoms in total. The number of rotatable bonds is 3. The summed E-state index contributed by atoms with van der Waals surface area (Å²) in [7, 11) is 3.32. The first-order valence-electron chi connectivity index (χ1n) is 10.1. The third-order valence-electron chi connectivity index (χ3n) is 5.76. The first-order valence-corrected chi connectivity index (χ1v) is 10.1. The van der Waals surface area contributed by atoms with Gasteiger partial charge in [0.1, 0.15) is 0 Å². The Balaban J connectivity index is 1.44. The molecule has 31 heavy (non-hydrogen) atoms. The molecule has 0 spiro atoms. The van der Waals surface area contributed by atoms with Gasteiger partial charge in [0.2, 0.25) is 0 Å². The Morgan fingerprint density at radius 2 is 2.03 bits per heavy atom. The number of pyridine rings is 1. The number of hydrogen-bond acceptors (Lipinski definition) is 4. The van der Waals surface area contributed by atoms with Gasteiger partial charge in [0, 0.05) is 41.9 Å². The zero-order valence-corrected chi connectivity index (χ0v) is 17.3. The molecule has 4 aromatic rings. The number of ether oxygens (including phenoxy) is 1. The molecule has 1 aliphatic heterocycles. The van der Waals surface area contributed by atoms with E-state index in [4.69, 9.17) is 4.74 Å². The number of benzene rings is 2. The highest BCUT2D eigenvalue weighted by Crippen LogP contribution is 2.33. The monoisotopic (exact) mass is 416 g/mol. The van der Waals surface area contributed by atoms with Crippen LogP contribution < -0.4 is 4.74 Å². The maximum atomic E-state index is 13.9. The highest BCUT2D eigenvalue weighted by molar-refractivity contribution is 5.98. The second-order valence-corrected chi connectivity index (χ2v) is 7.63. The van der Waals surface area contributed by atoms with E-state index in [0.29, 0.717) is 25.1 Å². The Morgan fingerprint density at radius 3 is 2.87 bits per heavy atom. The number of amides is 1. The van der Waals surface area contributed by atoms with Crippen LogP contribution in [-0.4, -0.2) is 39.2 Å². The van der Waals surface area contributed by atoms with Crippen LogP contribution in [0, 0.1) is 5.82 Å². The van der Waals surface area contributed by atoms with Gasteiger partial charge in [-0.3, -0.25) is 14.5 Å². The number of nitrogens with zero attached hydrogens (tertiary/aromatic N) is 4. The van der Waals surface area contributed by atoms with Crippen molar-refractivity contribution in [1.29, 1.82) is 0 Å². The SMILES string of the molecule is COc1cc(-c2c3c(nn2C)CN(C(=O)c2ccc4ncccc4c2)CC3)ccc1F. The molecule has 0 aliphatic carbocycles. The van der Waals surface area contributed by atoms with Crippen LogP contribution in [0.4, 0.5) is 4.39 Å². The van der Waals surface area contributed by atoms with Crippen molar-refractivity contribution in [3.05, 3.63) is 77.4 Å². The molecule has 0 fully saturated rings. The molecule has 0 atom stereocenters. The quantitative estimate of drug-likeness (QED) is 0.507. The van der Waals surface area contributed by atoms with Crippen LogP contribution in [0.15, 0.2) is 54.7 Å². The van der Waals surface area contributed by atoms with E-state index in [2.05, 4.69) is 10.1 Å². The zero-order valence-electron chi connectivity index (χ0n) is 17.3. The largest absolute Gasteiger partial charge is 0.494 e. The number of carbonyl (C=O) groups is 1. The Kier molecular flexibility index (Phi) is 4.66. The first kappa shape index (κ1) is 19.2. The average Bonchev–Trinajstić information content (AvgIpc) is 3.13. The molecule has 5 rings (SSSR count). The summed E-state index contributed by atoms with van der Waals surface area (Å²) in [4.78, 5) is 19.3. The lowest BCUT2D eigenvalue weighted by Crippen LogP contribution is -2.36. The number of hydrogen-bond donors (Lipinski definition) is 0. The molecule has 0 N–H and O–H groups in total. The second kappa shape index (κ2) is 7.50. The average molecular weight is 416 g/mol. The Hall–Kier alpha value is -3.74. The van der Waals surface area contributed by atoms with Crippen molar-refractivity contribution in [3.8, 4) is 17.0 Å². The summed E-state index contributed by atoms with van der Waals surface area (Å²) in [5.41, 5.74) is 5.23. The van der Waals surface area contributed by atoms with Gasteiger partial charge in [-0.15, -0.1) is 0 Å². The van der Waals surface area contributed by atoms with Crippen LogP contribution >= 0.6 is 0 Å². The van der Waals surface area contributed by atoms with Crippen LogP contribution in [-0.2, 0) is 20.0 Å². The zero-order chi connectivity index (χ0) is 21.5. The number of aryl methyl sites for hydroxylation is 1. The van der Waals surface area contributed by atoms with Gasteiger partial charge >= 0.3 is 0 Å². The number of carbonyl (C=O) groups excluding carboxylic acids is 1. The van der Waals surface area contributed by atoms with E-state index in [-0.39, 0.29) is 11.7 Å². The molecular weight excluding hydrogens is 395 g/mol. The lowest BCUT2D eigenvalue weighted by molar-refractivity contribution is 0.0732. The number of aromatic nitrogens is 3. The van der Waals surface area contributed by atoms with Crippen molar-refractivity contribution < 1.29 is 13.9 Å². The minimum Gasteiger partial charge on any atom is -0.494 e. The van der Waals surface area contributed by atoms with Gasteiger partial charge in [0.25, 0.3) is 5.91 Å². The molecule has 2 aromatic heterocycles. The van der Waals surface area contributed by atoms with E-state index < -0.39 is 5.82 Å². The fraction of sp³-hybridized carbons (Fsp3) is 0.208. The minimum absolute atomic E-state index is 0.0212. The summed E-state index contributed by atoms with van der Waals surface area (Å²) in [6.45, 7) is 1.03. The van der Waals surface area contributed by atoms with E-state index in [1.54, 1.807) is 23.0 Å². The molecular formula is C24H21FN4O2. The maximum absolute atomic E-state index is 13.9. The van der Waals surface area contributed by atoms with Crippen LogP contribution in [0.5, 0.6) is 5.75 Å². The van der Waals surface area contributed by atoms with E-state index in [1.807, 2.05) is 42.3 Å². The summed E-state index contributed by atoms with van der Waals surface area (Å²) in [6.07, 6.45) is 2.42. The predicted molar refractivity (Wildman–Crippen MR) is 115 cm³/mol. The van der Waals surface area contributed by atoms with Gasteiger partial charge in [-0.2, -0.15) is 5.10 Å². The highest BCUT2D eigenvalue weighted by Gasteiger charge is 2.28. The predicted octanol–water partition coefficient (Wildman–Crippen LogP) is 3.98. The molecule has 0 radical (unpaired) electrons. The molecule has 0 bridgehead atoms. The summed E-state index contributed by atoms with van der Waals surface area (Å²) in [5.74, 6) is -0.220. The Bertz CT molecular complexity index is 1310.